The largest absolute Gasteiger partial charge is 0.309 e. The number of aromatic nitrogens is 2. The maximum atomic E-state index is 14.3. The van der Waals surface area contributed by atoms with Crippen molar-refractivity contribution < 1.29 is 9.59 Å². The number of fused-ring (bicyclic) bond motifs is 6. The van der Waals surface area contributed by atoms with E-state index >= 15 is 0 Å². The Balaban J connectivity index is 1.03. The fourth-order valence-electron chi connectivity index (χ4n) is 10.8. The van der Waals surface area contributed by atoms with Crippen molar-refractivity contribution in [1.29, 1.82) is 0 Å². The summed E-state index contributed by atoms with van der Waals surface area (Å²) in [5, 5.41) is 4.59. The van der Waals surface area contributed by atoms with Crippen LogP contribution in [0.4, 0.5) is 0 Å². The molecule has 0 unspecified atom stereocenters. The van der Waals surface area contributed by atoms with Gasteiger partial charge in [0, 0.05) is 55.0 Å². The lowest BCUT2D eigenvalue weighted by Crippen LogP contribution is -2.05. The Kier molecular flexibility index (Phi) is 10.4. The predicted octanol–water partition coefficient (Wildman–Crippen LogP) is 17.0. The Hall–Kier alpha value is -9.64. The highest BCUT2D eigenvalue weighted by atomic mass is 16.1. The zero-order valence-corrected chi connectivity index (χ0v) is 39.1. The van der Waals surface area contributed by atoms with Crippen LogP contribution in [0.5, 0.6) is 0 Å². The molecule has 0 N–H and O–H groups in total. The van der Waals surface area contributed by atoms with Crippen LogP contribution in [0.2, 0.25) is 0 Å². The number of hydrogen-bond acceptors (Lipinski definition) is 2. The maximum Gasteiger partial charge on any atom is 0.193 e. The van der Waals surface area contributed by atoms with Crippen LogP contribution >= 0.6 is 0 Å². The van der Waals surface area contributed by atoms with E-state index in [1.165, 1.54) is 16.3 Å². The van der Waals surface area contributed by atoms with Crippen molar-refractivity contribution in [3.63, 3.8) is 0 Å². The first-order valence-corrected chi connectivity index (χ1v) is 24.3. The highest BCUT2D eigenvalue weighted by molar-refractivity contribution is 6.17. The van der Waals surface area contributed by atoms with Crippen LogP contribution < -0.4 is 0 Å². The highest BCUT2D eigenvalue weighted by Crippen LogP contribution is 2.43. The van der Waals surface area contributed by atoms with Gasteiger partial charge < -0.3 is 9.13 Å². The number of benzene rings is 11. The average molecular weight is 921 g/mol. The first-order chi connectivity index (χ1) is 35.6. The van der Waals surface area contributed by atoms with Gasteiger partial charge in [-0.15, -0.1) is 0 Å². The lowest BCUT2D eigenvalue weighted by molar-refractivity contribution is 0.103. The third-order valence-corrected chi connectivity index (χ3v) is 14.2. The van der Waals surface area contributed by atoms with Gasteiger partial charge in [0.15, 0.2) is 11.6 Å². The molecule has 0 spiro atoms. The van der Waals surface area contributed by atoms with Crippen molar-refractivity contribution >= 4 is 55.2 Å². The molecule has 0 aliphatic carbocycles. The third-order valence-electron chi connectivity index (χ3n) is 14.2. The van der Waals surface area contributed by atoms with E-state index in [4.69, 9.17) is 0 Å². The lowest BCUT2D eigenvalue weighted by atomic mass is 9.89. The van der Waals surface area contributed by atoms with Crippen molar-refractivity contribution in [2.75, 3.05) is 0 Å². The number of ketones is 2. The van der Waals surface area contributed by atoms with Crippen LogP contribution in [0, 0.1) is 0 Å². The Labute approximate surface area is 417 Å². The first-order valence-electron chi connectivity index (χ1n) is 24.3. The van der Waals surface area contributed by atoms with E-state index < -0.39 is 0 Å². The van der Waals surface area contributed by atoms with Gasteiger partial charge in [-0.3, -0.25) is 9.59 Å². The van der Waals surface area contributed by atoms with Gasteiger partial charge >= 0.3 is 0 Å². The second-order valence-corrected chi connectivity index (χ2v) is 18.3. The summed E-state index contributed by atoms with van der Waals surface area (Å²) < 4.78 is 4.72. The zero-order valence-electron chi connectivity index (χ0n) is 39.1. The van der Waals surface area contributed by atoms with Gasteiger partial charge in [-0.1, -0.05) is 212 Å². The van der Waals surface area contributed by atoms with Gasteiger partial charge in [-0.25, -0.2) is 0 Å². The zero-order chi connectivity index (χ0) is 48.1. The fourth-order valence-corrected chi connectivity index (χ4v) is 10.8. The van der Waals surface area contributed by atoms with E-state index in [1.807, 2.05) is 103 Å². The molecule has 0 atom stereocenters. The summed E-state index contributed by atoms with van der Waals surface area (Å²) in [4.78, 5) is 28.4. The quantitative estimate of drug-likeness (QED) is 0.128. The highest BCUT2D eigenvalue weighted by Gasteiger charge is 2.23. The Morgan fingerprint density at radius 3 is 1.35 bits per heavy atom. The second kappa shape index (κ2) is 17.7. The van der Waals surface area contributed by atoms with Crippen LogP contribution in [-0.4, -0.2) is 20.7 Å². The molecule has 0 aliphatic heterocycles. The summed E-state index contributed by atoms with van der Waals surface area (Å²) in [5.41, 5.74) is 17.0. The number of carbonyl (C=O) groups excluding carboxylic acids is 2. The minimum absolute atomic E-state index is 0.0138. The summed E-state index contributed by atoms with van der Waals surface area (Å²) in [6.07, 6.45) is 0. The lowest BCUT2D eigenvalue weighted by Gasteiger charge is -2.17. The molecule has 338 valence electrons. The molecule has 0 fully saturated rings. The molecule has 0 bridgehead atoms. The Morgan fingerprint density at radius 1 is 0.264 bits per heavy atom. The van der Waals surface area contributed by atoms with Crippen molar-refractivity contribution in [2.45, 2.75) is 0 Å². The molecular weight excluding hydrogens is 877 g/mol. The van der Waals surface area contributed by atoms with Gasteiger partial charge in [0.1, 0.15) is 0 Å². The molecule has 0 amide bonds. The molecule has 0 aliphatic rings. The van der Waals surface area contributed by atoms with Gasteiger partial charge in [-0.05, 0) is 93.5 Å². The molecule has 11 aromatic carbocycles. The molecular formula is C68H44N2O2. The van der Waals surface area contributed by atoms with Gasteiger partial charge in [0.05, 0.1) is 27.8 Å². The summed E-state index contributed by atoms with van der Waals surface area (Å²) in [5.74, 6) is -0.0356. The summed E-state index contributed by atoms with van der Waals surface area (Å²) in [6.45, 7) is 0. The molecule has 4 heteroatoms. The van der Waals surface area contributed by atoms with E-state index in [0.717, 1.165) is 83.2 Å². The normalized spacial score (nSPS) is 11.4. The topological polar surface area (TPSA) is 44.0 Å². The van der Waals surface area contributed by atoms with Crippen molar-refractivity contribution in [1.82, 2.24) is 9.13 Å². The third kappa shape index (κ3) is 7.16. The summed E-state index contributed by atoms with van der Waals surface area (Å²) in [6, 6.07) is 91.3. The van der Waals surface area contributed by atoms with E-state index in [1.54, 1.807) is 0 Å². The molecule has 0 saturated carbocycles. The fraction of sp³-hybridized carbons (Fsp3) is 0. The molecule has 0 saturated heterocycles. The van der Waals surface area contributed by atoms with Crippen molar-refractivity contribution in [3.8, 4) is 55.9 Å². The average Bonchev–Trinajstić information content (AvgIpc) is 3.97. The Morgan fingerprint density at radius 2 is 0.694 bits per heavy atom. The molecule has 0 radical (unpaired) electrons. The molecule has 2 heterocycles. The van der Waals surface area contributed by atoms with Gasteiger partial charge in [0.2, 0.25) is 0 Å². The maximum absolute atomic E-state index is 14.3. The number of para-hydroxylation sites is 3. The number of nitrogens with zero attached hydrogens (tertiary/aromatic N) is 2. The van der Waals surface area contributed by atoms with Crippen LogP contribution in [0.1, 0.15) is 31.8 Å². The SMILES string of the molecule is O=C(c1ccccc1)c1ccccc1-c1ccccc1-c1ccc2c(c1)c1cc(-c3ccc4c5ccccc5n(-c5ccccc5)c4c3)ccc1n2-c1ccccc1-c1ccccc1C(=O)c1ccccc1. The van der Waals surface area contributed by atoms with Crippen molar-refractivity contribution in [3.05, 3.63) is 289 Å². The molecule has 13 rings (SSSR count). The van der Waals surface area contributed by atoms with Crippen LogP contribution in [0.15, 0.2) is 267 Å². The van der Waals surface area contributed by atoms with Gasteiger partial charge in [0.25, 0.3) is 0 Å². The van der Waals surface area contributed by atoms with E-state index in [0.29, 0.717) is 22.3 Å². The van der Waals surface area contributed by atoms with Crippen LogP contribution in [0.25, 0.3) is 99.5 Å². The van der Waals surface area contributed by atoms with Crippen molar-refractivity contribution in [2.24, 2.45) is 0 Å². The van der Waals surface area contributed by atoms with Crippen LogP contribution in [-0.2, 0) is 0 Å². The standard InChI is InChI=1S/C68H44N2O2/c71-67(45-20-4-1-5-21-45)58-32-14-12-28-53(58)52-27-11-10-26-51(52)49-38-41-65-61(43-49)60-42-47(48-36-39-57-56-31-17-18-34-62(56)69(66(57)44-48)50-24-8-3-9-25-50)37-40-64(60)70(65)63-35-19-16-30-55(63)54-29-13-15-33-59(54)68(72)46-22-6-2-7-23-46/h1-44H. The van der Waals surface area contributed by atoms with Crippen LogP contribution in [0.3, 0.4) is 0 Å². The van der Waals surface area contributed by atoms with Gasteiger partial charge in [-0.2, -0.15) is 0 Å². The molecule has 4 nitrogen and oxygen atoms in total. The number of hydrogen-bond donors (Lipinski definition) is 0. The number of rotatable bonds is 10. The summed E-state index contributed by atoms with van der Waals surface area (Å²) in [7, 11) is 0. The van der Waals surface area contributed by atoms with E-state index in [9.17, 15) is 9.59 Å². The minimum atomic E-state index is -0.0218. The van der Waals surface area contributed by atoms with E-state index in [2.05, 4.69) is 173 Å². The monoisotopic (exact) mass is 920 g/mol. The Bertz CT molecular complexity index is 4240. The number of carbonyl (C=O) groups is 2. The molecule has 13 aromatic rings. The van der Waals surface area contributed by atoms with E-state index in [-0.39, 0.29) is 11.6 Å². The minimum Gasteiger partial charge on any atom is -0.309 e. The first kappa shape index (κ1) is 42.5. The summed E-state index contributed by atoms with van der Waals surface area (Å²) >= 11 is 0. The second-order valence-electron chi connectivity index (χ2n) is 18.3. The predicted molar refractivity (Wildman–Crippen MR) is 297 cm³/mol. The molecule has 2 aromatic heterocycles. The smallest absolute Gasteiger partial charge is 0.193 e. The molecule has 72 heavy (non-hydrogen) atoms.